The fourth-order valence-corrected chi connectivity index (χ4v) is 4.85. The predicted molar refractivity (Wildman–Crippen MR) is 135 cm³/mol. The molecule has 2 amide bonds. The highest BCUT2D eigenvalue weighted by molar-refractivity contribution is 6.33. The van der Waals surface area contributed by atoms with E-state index in [0.717, 1.165) is 0 Å². The number of halogens is 6. The van der Waals surface area contributed by atoms with Gasteiger partial charge in [-0.15, -0.1) is 0 Å². The SMILES string of the molecule is O=C(NC1CCC(F)(F)CC1)c1ccc2[nH]c(Nc3cc(CNC(=O)C4(C(F)(F)F)CC4)ccc3Cl)nc2c1. The van der Waals surface area contributed by atoms with Crippen LogP contribution in [0.5, 0.6) is 0 Å². The Balaban J connectivity index is 1.24. The standard InChI is InChI=1S/C26H25ClF5N5O2/c27-17-3-1-14(13-33-22(39)24(9-10-24)26(30,31)32)11-19(17)36-23-35-18-4-2-15(12-20(18)37-23)21(38)34-16-5-7-25(28,29)8-6-16/h1-4,11-12,16H,5-10,13H2,(H,33,39)(H,34,38)(H2,35,36,37). The van der Waals surface area contributed by atoms with E-state index in [1.165, 1.54) is 0 Å². The fraction of sp³-hybridized carbons (Fsp3) is 0.423. The molecule has 0 atom stereocenters. The van der Waals surface area contributed by atoms with Gasteiger partial charge in [-0.1, -0.05) is 17.7 Å². The Morgan fingerprint density at radius 3 is 2.44 bits per heavy atom. The van der Waals surface area contributed by atoms with Gasteiger partial charge in [0.25, 0.3) is 5.91 Å². The first kappa shape index (κ1) is 27.2. The van der Waals surface area contributed by atoms with Crippen LogP contribution in [0.1, 0.15) is 54.4 Å². The van der Waals surface area contributed by atoms with Gasteiger partial charge in [0.05, 0.1) is 21.7 Å². The van der Waals surface area contributed by atoms with E-state index in [1.807, 2.05) is 0 Å². The van der Waals surface area contributed by atoms with Crippen LogP contribution < -0.4 is 16.0 Å². The molecule has 0 aliphatic heterocycles. The van der Waals surface area contributed by atoms with Crippen molar-refractivity contribution in [2.45, 2.75) is 63.2 Å². The van der Waals surface area contributed by atoms with Crippen molar-refractivity contribution in [1.82, 2.24) is 20.6 Å². The van der Waals surface area contributed by atoms with E-state index >= 15 is 0 Å². The summed E-state index contributed by atoms with van der Waals surface area (Å²) in [4.78, 5) is 32.3. The summed E-state index contributed by atoms with van der Waals surface area (Å²) in [5.74, 6) is -3.80. The molecular weight excluding hydrogens is 545 g/mol. The van der Waals surface area contributed by atoms with Gasteiger partial charge in [0, 0.05) is 31.0 Å². The average Bonchev–Trinajstić information content (AvgIpc) is 3.61. The summed E-state index contributed by atoms with van der Waals surface area (Å²) in [6.45, 7) is -0.111. The van der Waals surface area contributed by atoms with E-state index in [-0.39, 0.29) is 57.0 Å². The van der Waals surface area contributed by atoms with Gasteiger partial charge in [0.2, 0.25) is 17.8 Å². The third-order valence-corrected chi connectivity index (χ3v) is 7.59. The van der Waals surface area contributed by atoms with Gasteiger partial charge in [0.1, 0.15) is 5.41 Å². The summed E-state index contributed by atoms with van der Waals surface area (Å²) < 4.78 is 66.3. The second-order valence-corrected chi connectivity index (χ2v) is 10.5. The van der Waals surface area contributed by atoms with Crippen molar-refractivity contribution >= 4 is 46.1 Å². The molecule has 1 aromatic heterocycles. The summed E-state index contributed by atoms with van der Waals surface area (Å²) in [5, 5.41) is 8.50. The molecule has 2 fully saturated rings. The van der Waals surface area contributed by atoms with Crippen LogP contribution in [0.25, 0.3) is 11.0 Å². The number of hydrogen-bond acceptors (Lipinski definition) is 4. The Morgan fingerprint density at radius 2 is 1.77 bits per heavy atom. The average molecular weight is 570 g/mol. The molecule has 7 nitrogen and oxygen atoms in total. The number of nitrogens with one attached hydrogen (secondary N) is 4. The Bertz CT molecular complexity index is 1410. The van der Waals surface area contributed by atoms with E-state index < -0.39 is 23.4 Å². The zero-order chi connectivity index (χ0) is 28.0. The molecule has 208 valence electrons. The Hall–Kier alpha value is -3.41. The summed E-state index contributed by atoms with van der Waals surface area (Å²) in [7, 11) is 0. The van der Waals surface area contributed by atoms with Crippen LogP contribution in [0.15, 0.2) is 36.4 Å². The molecule has 4 N–H and O–H groups in total. The normalized spacial score (nSPS) is 18.5. The number of benzene rings is 2. The number of hydrogen-bond donors (Lipinski definition) is 4. The Morgan fingerprint density at radius 1 is 1.05 bits per heavy atom. The van der Waals surface area contributed by atoms with Gasteiger partial charge < -0.3 is 20.9 Å². The summed E-state index contributed by atoms with van der Waals surface area (Å²) in [6, 6.07) is 9.26. The predicted octanol–water partition coefficient (Wildman–Crippen LogP) is 6.23. The number of rotatable bonds is 7. The zero-order valence-corrected chi connectivity index (χ0v) is 21.3. The number of carbonyl (C=O) groups is 2. The minimum absolute atomic E-state index is 0.111. The first-order valence-electron chi connectivity index (χ1n) is 12.4. The molecule has 0 bridgehead atoms. The number of aromatic amines is 1. The zero-order valence-electron chi connectivity index (χ0n) is 20.5. The van der Waals surface area contributed by atoms with Crippen LogP contribution in [-0.2, 0) is 11.3 Å². The molecular formula is C26H25ClF5N5O2. The minimum Gasteiger partial charge on any atom is -0.351 e. The second-order valence-electron chi connectivity index (χ2n) is 10.1. The van der Waals surface area contributed by atoms with Crippen molar-refractivity contribution in [1.29, 1.82) is 0 Å². The van der Waals surface area contributed by atoms with Crippen molar-refractivity contribution < 1.29 is 31.5 Å². The molecule has 3 aromatic rings. The number of amides is 2. The first-order chi connectivity index (χ1) is 18.3. The highest BCUT2D eigenvalue weighted by Gasteiger charge is 2.68. The first-order valence-corrected chi connectivity index (χ1v) is 12.8. The van der Waals surface area contributed by atoms with Gasteiger partial charge in [-0.2, -0.15) is 13.2 Å². The monoisotopic (exact) mass is 569 g/mol. The quantitative estimate of drug-likeness (QED) is 0.254. The largest absolute Gasteiger partial charge is 0.403 e. The van der Waals surface area contributed by atoms with Crippen molar-refractivity contribution in [3.63, 3.8) is 0 Å². The number of imidazole rings is 1. The molecule has 0 unspecified atom stereocenters. The fourth-order valence-electron chi connectivity index (χ4n) is 4.68. The molecule has 5 rings (SSSR count). The highest BCUT2D eigenvalue weighted by atomic mass is 35.5. The molecule has 0 radical (unpaired) electrons. The van der Waals surface area contributed by atoms with Crippen molar-refractivity contribution in [3.8, 4) is 0 Å². The molecule has 39 heavy (non-hydrogen) atoms. The molecule has 1 heterocycles. The van der Waals surface area contributed by atoms with Gasteiger partial charge >= 0.3 is 6.18 Å². The maximum absolute atomic E-state index is 13.4. The summed E-state index contributed by atoms with van der Waals surface area (Å²) in [6.07, 6.45) is -5.10. The molecule has 2 aliphatic rings. The maximum atomic E-state index is 13.4. The van der Waals surface area contributed by atoms with Crippen molar-refractivity contribution in [2.75, 3.05) is 5.32 Å². The molecule has 2 aliphatic carbocycles. The van der Waals surface area contributed by atoms with Crippen LogP contribution in [0.2, 0.25) is 5.02 Å². The van der Waals surface area contributed by atoms with Gasteiger partial charge in [-0.25, -0.2) is 13.8 Å². The smallest absolute Gasteiger partial charge is 0.351 e. The van der Waals surface area contributed by atoms with Crippen molar-refractivity contribution in [2.24, 2.45) is 5.41 Å². The second kappa shape index (κ2) is 9.96. The molecule has 2 saturated carbocycles. The number of nitrogens with zero attached hydrogens (tertiary/aromatic N) is 1. The number of carbonyl (C=O) groups excluding carboxylic acids is 2. The lowest BCUT2D eigenvalue weighted by Crippen LogP contribution is -2.40. The Kier molecular flexibility index (Phi) is 6.94. The lowest BCUT2D eigenvalue weighted by molar-refractivity contribution is -0.192. The molecule has 0 spiro atoms. The third kappa shape index (κ3) is 5.80. The van der Waals surface area contributed by atoms with E-state index in [9.17, 15) is 31.5 Å². The van der Waals surface area contributed by atoms with Crippen LogP contribution in [0, 0.1) is 5.41 Å². The van der Waals surface area contributed by atoms with Gasteiger partial charge in [-0.05, 0) is 61.6 Å². The van der Waals surface area contributed by atoms with Crippen LogP contribution in [0.4, 0.5) is 33.6 Å². The van der Waals surface area contributed by atoms with E-state index in [1.54, 1.807) is 36.4 Å². The van der Waals surface area contributed by atoms with Gasteiger partial charge in [0.15, 0.2) is 0 Å². The molecule has 0 saturated heterocycles. The van der Waals surface area contributed by atoms with Crippen LogP contribution in [-0.4, -0.2) is 39.9 Å². The number of fused-ring (bicyclic) bond motifs is 1. The lowest BCUT2D eigenvalue weighted by Gasteiger charge is -2.28. The van der Waals surface area contributed by atoms with Gasteiger partial charge in [-0.3, -0.25) is 9.59 Å². The molecule has 13 heteroatoms. The topological polar surface area (TPSA) is 98.9 Å². The molecule has 2 aromatic carbocycles. The number of anilines is 2. The van der Waals surface area contributed by atoms with E-state index in [4.69, 9.17) is 11.6 Å². The summed E-state index contributed by atoms with van der Waals surface area (Å²) in [5.41, 5.74) is 0.0704. The minimum atomic E-state index is -4.58. The number of alkyl halides is 5. The number of aromatic nitrogens is 2. The lowest BCUT2D eigenvalue weighted by atomic mass is 9.92. The highest BCUT2D eigenvalue weighted by Crippen LogP contribution is 2.57. The maximum Gasteiger partial charge on any atom is 0.403 e. The van der Waals surface area contributed by atoms with E-state index in [0.29, 0.717) is 38.8 Å². The number of H-pyrrole nitrogens is 1. The van der Waals surface area contributed by atoms with E-state index in [2.05, 4.69) is 25.9 Å². The summed E-state index contributed by atoms with van der Waals surface area (Å²) >= 11 is 6.29. The Labute approximate surface area is 224 Å². The van der Waals surface area contributed by atoms with Crippen molar-refractivity contribution in [3.05, 3.63) is 52.5 Å². The third-order valence-electron chi connectivity index (χ3n) is 7.26. The van der Waals surface area contributed by atoms with Crippen LogP contribution in [0.3, 0.4) is 0 Å². The van der Waals surface area contributed by atoms with Crippen LogP contribution >= 0.6 is 11.6 Å².